The molecule has 0 aromatic rings. The Morgan fingerprint density at radius 3 is 0.826 bits per heavy atom. The molecule has 1 unspecified atom stereocenters. The molecule has 0 fully saturated rings. The van der Waals surface area contributed by atoms with Crippen molar-refractivity contribution in [3.63, 3.8) is 0 Å². The molecule has 278 valence electrons. The van der Waals surface area contributed by atoms with E-state index in [1.807, 2.05) is 0 Å². The van der Waals surface area contributed by atoms with E-state index in [9.17, 15) is 5.11 Å². The molecule has 0 aliphatic rings. The number of hydrogen-bond acceptors (Lipinski definition) is 17. The van der Waals surface area contributed by atoms with Crippen LogP contribution in [-0.2, 0) is 76.4 Å². The summed E-state index contributed by atoms with van der Waals surface area (Å²) in [4.78, 5) is 18.3. The third-order valence-corrected chi connectivity index (χ3v) is 5.29. The van der Waals surface area contributed by atoms with Crippen molar-refractivity contribution in [1.29, 1.82) is 0 Å². The zero-order valence-electron chi connectivity index (χ0n) is 27.9. The Kier molecular flexibility index (Phi) is 41.7. The summed E-state index contributed by atoms with van der Waals surface area (Å²) in [6, 6.07) is 0. The summed E-state index contributed by atoms with van der Waals surface area (Å²) in [7, 11) is 2.91. The van der Waals surface area contributed by atoms with Crippen molar-refractivity contribution in [3.05, 3.63) is 0 Å². The number of ether oxygens (including phenoxy) is 12. The molecule has 0 aliphatic carbocycles. The van der Waals surface area contributed by atoms with Crippen LogP contribution in [0.3, 0.4) is 0 Å². The Labute approximate surface area is 273 Å². The summed E-state index contributed by atoms with van der Waals surface area (Å²) in [5, 5.41) is 9.46. The second-order valence-corrected chi connectivity index (χ2v) is 8.85. The summed E-state index contributed by atoms with van der Waals surface area (Å²) in [5.41, 5.74) is 0. The summed E-state index contributed by atoms with van der Waals surface area (Å²) in [5.74, 6) is 0. The number of aliphatic hydroxyl groups is 1. The molecule has 17 heteroatoms. The van der Waals surface area contributed by atoms with E-state index in [0.717, 1.165) is 0 Å². The first kappa shape index (κ1) is 45.3. The lowest BCUT2D eigenvalue weighted by atomic mass is 10.4. The Bertz CT molecular complexity index is 538. The predicted molar refractivity (Wildman–Crippen MR) is 162 cm³/mol. The molecular weight excluding hydrogens is 620 g/mol. The molecule has 1 N–H and O–H groups in total. The molecule has 0 aromatic carbocycles. The van der Waals surface area contributed by atoms with Gasteiger partial charge in [-0.2, -0.15) is 0 Å². The maximum atomic E-state index is 9.46. The van der Waals surface area contributed by atoms with Gasteiger partial charge in [0.05, 0.1) is 173 Å². The lowest BCUT2D eigenvalue weighted by Crippen LogP contribution is -2.27. The van der Waals surface area contributed by atoms with Crippen LogP contribution in [0.15, 0.2) is 0 Å². The third-order valence-electron chi connectivity index (χ3n) is 5.29. The molecule has 0 aliphatic heterocycles. The van der Waals surface area contributed by atoms with E-state index in [1.54, 1.807) is 0 Å². The van der Waals surface area contributed by atoms with Crippen molar-refractivity contribution < 1.29 is 81.5 Å². The summed E-state index contributed by atoms with van der Waals surface area (Å²) < 4.78 is 65.1. The molecule has 0 bridgehead atoms. The van der Waals surface area contributed by atoms with Crippen LogP contribution in [0.5, 0.6) is 0 Å². The summed E-state index contributed by atoms with van der Waals surface area (Å²) >= 11 is 0. The largest absolute Gasteiger partial charge is 0.394 e. The van der Waals surface area contributed by atoms with Crippen molar-refractivity contribution in [3.8, 4) is 0 Å². The van der Waals surface area contributed by atoms with Gasteiger partial charge >= 0.3 is 0 Å². The van der Waals surface area contributed by atoms with Gasteiger partial charge in [0.2, 0.25) is 0 Å². The van der Waals surface area contributed by atoms with E-state index in [1.165, 1.54) is 14.2 Å². The molecule has 0 spiro atoms. The molecule has 0 rings (SSSR count). The molecule has 0 saturated carbocycles. The van der Waals surface area contributed by atoms with Crippen LogP contribution in [-0.4, -0.2) is 197 Å². The fourth-order valence-electron chi connectivity index (χ4n) is 3.08. The fraction of sp³-hybridized carbons (Fsp3) is 1.00. The maximum Gasteiger partial charge on any atom is 0.106 e. The van der Waals surface area contributed by atoms with Crippen LogP contribution in [0.2, 0.25) is 0 Å². The highest BCUT2D eigenvalue weighted by molar-refractivity contribution is 4.54. The van der Waals surface area contributed by atoms with E-state index in [2.05, 4.69) is 19.6 Å². The lowest BCUT2D eigenvalue weighted by molar-refractivity contribution is -0.277. The highest BCUT2D eigenvalue weighted by atomic mass is 17.2. The molecular formula is C29H60O17. The van der Waals surface area contributed by atoms with E-state index >= 15 is 0 Å². The first-order chi connectivity index (χ1) is 22.8. The quantitative estimate of drug-likeness (QED) is 0.0507. The van der Waals surface area contributed by atoms with Crippen LogP contribution in [0, 0.1) is 0 Å². The van der Waals surface area contributed by atoms with Gasteiger partial charge < -0.3 is 61.9 Å². The molecule has 0 saturated heterocycles. The number of aliphatic hydroxyl groups excluding tert-OH is 1. The van der Waals surface area contributed by atoms with Crippen LogP contribution >= 0.6 is 0 Å². The smallest absolute Gasteiger partial charge is 0.106 e. The van der Waals surface area contributed by atoms with E-state index < -0.39 is 6.10 Å². The van der Waals surface area contributed by atoms with Crippen LogP contribution in [0.25, 0.3) is 0 Å². The van der Waals surface area contributed by atoms with Crippen molar-refractivity contribution in [1.82, 2.24) is 0 Å². The van der Waals surface area contributed by atoms with Crippen molar-refractivity contribution in [2.75, 3.05) is 186 Å². The fourth-order valence-corrected chi connectivity index (χ4v) is 3.08. The van der Waals surface area contributed by atoms with Gasteiger partial charge in [-0.15, -0.1) is 0 Å². The maximum absolute atomic E-state index is 9.46. The second kappa shape index (κ2) is 42.3. The Balaban J connectivity index is 3.23. The summed E-state index contributed by atoms with van der Waals surface area (Å²) in [6.45, 7) is 11.0. The Morgan fingerprint density at radius 1 is 0.326 bits per heavy atom. The van der Waals surface area contributed by atoms with Crippen molar-refractivity contribution in [2.45, 2.75) is 6.10 Å². The van der Waals surface area contributed by atoms with Gasteiger partial charge in [0, 0.05) is 0 Å². The standard InChI is InChI=1S/C29H60O17/c1-31-45-25-22-41-17-14-37-9-6-33-3-4-35-11-12-39-19-20-43-28-29(27-30)44-24-21-40-16-13-36-8-5-34-7-10-38-15-18-42-23-26-46-32-2/h29-30H,3-28H2,1-2H3. The third kappa shape index (κ3) is 39.5. The van der Waals surface area contributed by atoms with Gasteiger partial charge in [-0.1, -0.05) is 0 Å². The monoisotopic (exact) mass is 680 g/mol. The average Bonchev–Trinajstić information content (AvgIpc) is 3.07. The molecule has 0 radical (unpaired) electrons. The van der Waals surface area contributed by atoms with Crippen LogP contribution in [0.4, 0.5) is 0 Å². The Hall–Kier alpha value is -0.680. The van der Waals surface area contributed by atoms with E-state index in [-0.39, 0.29) is 13.2 Å². The normalized spacial score (nSPS) is 12.3. The molecule has 46 heavy (non-hydrogen) atoms. The first-order valence-electron chi connectivity index (χ1n) is 15.7. The highest BCUT2D eigenvalue weighted by Crippen LogP contribution is 1.94. The average molecular weight is 681 g/mol. The van der Waals surface area contributed by atoms with Crippen LogP contribution < -0.4 is 0 Å². The molecule has 1 atom stereocenters. The minimum absolute atomic E-state index is 0.144. The number of rotatable bonds is 42. The van der Waals surface area contributed by atoms with Crippen molar-refractivity contribution >= 4 is 0 Å². The summed E-state index contributed by atoms with van der Waals surface area (Å²) in [6.07, 6.45) is -0.424. The Morgan fingerprint density at radius 2 is 0.565 bits per heavy atom. The van der Waals surface area contributed by atoms with Crippen LogP contribution in [0.1, 0.15) is 0 Å². The first-order valence-corrected chi connectivity index (χ1v) is 15.7. The lowest BCUT2D eigenvalue weighted by Gasteiger charge is -2.16. The minimum atomic E-state index is -0.424. The van der Waals surface area contributed by atoms with E-state index in [0.29, 0.717) is 159 Å². The van der Waals surface area contributed by atoms with E-state index in [4.69, 9.17) is 56.8 Å². The molecule has 0 aromatic heterocycles. The zero-order valence-corrected chi connectivity index (χ0v) is 27.9. The van der Waals surface area contributed by atoms with Gasteiger partial charge in [0.15, 0.2) is 0 Å². The minimum Gasteiger partial charge on any atom is -0.394 e. The molecule has 17 nitrogen and oxygen atoms in total. The SMILES string of the molecule is COOCCOCCOCCOCCOCCOCCOCC(CO)OCCOCCOCCOCCOCCOCCOOC. The van der Waals surface area contributed by atoms with Gasteiger partial charge in [-0.05, 0) is 0 Å². The zero-order chi connectivity index (χ0) is 33.3. The number of hydrogen-bond donors (Lipinski definition) is 1. The van der Waals surface area contributed by atoms with Crippen molar-refractivity contribution in [2.24, 2.45) is 0 Å². The molecule has 0 heterocycles. The molecule has 0 amide bonds. The van der Waals surface area contributed by atoms with Gasteiger partial charge in [-0.3, -0.25) is 0 Å². The highest BCUT2D eigenvalue weighted by Gasteiger charge is 2.08. The second-order valence-electron chi connectivity index (χ2n) is 8.85. The van der Waals surface area contributed by atoms with Gasteiger partial charge in [-0.25, -0.2) is 19.6 Å². The topological polar surface area (TPSA) is 168 Å². The van der Waals surface area contributed by atoms with Gasteiger partial charge in [0.25, 0.3) is 0 Å². The van der Waals surface area contributed by atoms with Gasteiger partial charge in [0.1, 0.15) is 19.3 Å². The predicted octanol–water partition coefficient (Wildman–Crippen LogP) is -0.297.